The van der Waals surface area contributed by atoms with Gasteiger partial charge >= 0.3 is 5.97 Å². The number of thiophene rings is 1. The summed E-state index contributed by atoms with van der Waals surface area (Å²) in [4.78, 5) is 24.0. The van der Waals surface area contributed by atoms with Crippen LogP contribution in [-0.2, 0) is 20.7 Å². The Balaban J connectivity index is 1.45. The zero-order valence-electron chi connectivity index (χ0n) is 14.0. The quantitative estimate of drug-likeness (QED) is 0.641. The van der Waals surface area contributed by atoms with Gasteiger partial charge in [0.25, 0.3) is 5.91 Å². The number of hydrogen-bond donors (Lipinski definition) is 1. The Hall–Kier alpha value is -3.00. The van der Waals surface area contributed by atoms with Gasteiger partial charge in [-0.1, -0.05) is 18.2 Å². The molecule has 7 nitrogen and oxygen atoms in total. The van der Waals surface area contributed by atoms with Gasteiger partial charge in [-0.25, -0.2) is 0 Å². The summed E-state index contributed by atoms with van der Waals surface area (Å²) in [5.74, 6) is -0.118. The Morgan fingerprint density at radius 1 is 1.23 bits per heavy atom. The molecule has 1 amide bonds. The van der Waals surface area contributed by atoms with Gasteiger partial charge in [0.05, 0.1) is 6.42 Å². The smallest absolute Gasteiger partial charge is 0.307 e. The Morgan fingerprint density at radius 2 is 2.04 bits per heavy atom. The van der Waals surface area contributed by atoms with Crippen molar-refractivity contribution in [3.8, 4) is 11.5 Å². The van der Waals surface area contributed by atoms with Gasteiger partial charge in [-0.15, -0.1) is 10.2 Å². The van der Waals surface area contributed by atoms with Gasteiger partial charge in [-0.2, -0.15) is 11.3 Å². The highest BCUT2D eigenvalue weighted by Crippen LogP contribution is 2.20. The van der Waals surface area contributed by atoms with Crippen LogP contribution in [0.3, 0.4) is 0 Å². The van der Waals surface area contributed by atoms with E-state index in [1.807, 2.05) is 22.9 Å². The van der Waals surface area contributed by atoms with Crippen LogP contribution in [0.5, 0.6) is 0 Å². The highest BCUT2D eigenvalue weighted by atomic mass is 32.1. The van der Waals surface area contributed by atoms with E-state index < -0.39 is 12.1 Å². The number of rotatable bonds is 7. The first-order valence-corrected chi connectivity index (χ1v) is 8.96. The molecule has 134 valence electrons. The number of nitrogens with one attached hydrogen (secondary N) is 1. The van der Waals surface area contributed by atoms with Gasteiger partial charge in [-0.05, 0) is 30.5 Å². The summed E-state index contributed by atoms with van der Waals surface area (Å²) in [6.45, 7) is 1.53. The van der Waals surface area contributed by atoms with Crippen LogP contribution in [-0.4, -0.2) is 28.2 Å². The van der Waals surface area contributed by atoms with Gasteiger partial charge in [0.2, 0.25) is 11.8 Å². The van der Waals surface area contributed by atoms with E-state index in [-0.39, 0.29) is 18.7 Å². The van der Waals surface area contributed by atoms with Crippen LogP contribution >= 0.6 is 11.3 Å². The molecule has 1 N–H and O–H groups in total. The molecule has 2 heterocycles. The highest BCUT2D eigenvalue weighted by molar-refractivity contribution is 7.08. The zero-order valence-corrected chi connectivity index (χ0v) is 14.9. The molecule has 26 heavy (non-hydrogen) atoms. The summed E-state index contributed by atoms with van der Waals surface area (Å²) in [5, 5.41) is 14.4. The number of benzene rings is 1. The summed E-state index contributed by atoms with van der Waals surface area (Å²) in [6.07, 6.45) is -0.594. The summed E-state index contributed by atoms with van der Waals surface area (Å²) in [5.41, 5.74) is 1.50. The van der Waals surface area contributed by atoms with Crippen molar-refractivity contribution in [3.05, 3.63) is 53.0 Å². The first-order chi connectivity index (χ1) is 12.6. The molecular weight excluding hydrogens is 354 g/mol. The van der Waals surface area contributed by atoms with Crippen LogP contribution in [0.2, 0.25) is 0 Å². The number of ether oxygens (including phenoxy) is 1. The molecule has 0 fully saturated rings. The summed E-state index contributed by atoms with van der Waals surface area (Å²) in [7, 11) is 0. The Kier molecular flexibility index (Phi) is 5.75. The molecular formula is C18H17N3O4S. The van der Waals surface area contributed by atoms with Crippen molar-refractivity contribution in [1.82, 2.24) is 10.2 Å². The van der Waals surface area contributed by atoms with E-state index in [0.717, 1.165) is 5.56 Å². The normalized spacial score (nSPS) is 11.7. The number of hydrogen-bond acceptors (Lipinski definition) is 7. The van der Waals surface area contributed by atoms with Crippen molar-refractivity contribution >= 4 is 28.9 Å². The Bertz CT molecular complexity index is 862. The van der Waals surface area contributed by atoms with E-state index in [4.69, 9.17) is 9.15 Å². The largest absolute Gasteiger partial charge is 0.453 e. The van der Waals surface area contributed by atoms with Crippen LogP contribution in [0, 0.1) is 0 Å². The first-order valence-electron chi connectivity index (χ1n) is 8.02. The molecule has 0 bridgehead atoms. The Morgan fingerprint density at radius 3 is 2.77 bits per heavy atom. The maximum absolute atomic E-state index is 12.0. The van der Waals surface area contributed by atoms with Crippen molar-refractivity contribution in [2.24, 2.45) is 0 Å². The minimum atomic E-state index is -0.897. The highest BCUT2D eigenvalue weighted by Gasteiger charge is 2.19. The molecule has 0 aliphatic heterocycles. The zero-order chi connectivity index (χ0) is 18.4. The van der Waals surface area contributed by atoms with E-state index in [2.05, 4.69) is 15.5 Å². The molecule has 0 saturated heterocycles. The lowest BCUT2D eigenvalue weighted by Crippen LogP contribution is -2.30. The van der Waals surface area contributed by atoms with Crippen molar-refractivity contribution in [2.45, 2.75) is 25.9 Å². The fourth-order valence-corrected chi connectivity index (χ4v) is 2.77. The lowest BCUT2D eigenvalue weighted by Gasteiger charge is -2.13. The second-order valence-electron chi connectivity index (χ2n) is 5.50. The number of carbonyl (C=O) groups excluding carboxylic acids is 2. The van der Waals surface area contributed by atoms with E-state index in [1.165, 1.54) is 18.3 Å². The number of nitrogens with zero attached hydrogens (tertiary/aromatic N) is 2. The van der Waals surface area contributed by atoms with Gasteiger partial charge in [0.1, 0.15) is 0 Å². The molecule has 0 aliphatic carbocycles. The molecule has 1 atom stereocenters. The number of esters is 1. The Labute approximate surface area is 154 Å². The molecule has 0 aliphatic rings. The number of aromatic nitrogens is 2. The lowest BCUT2D eigenvalue weighted by molar-refractivity contribution is -0.153. The minimum absolute atomic E-state index is 0.0498. The standard InChI is InChI=1S/C18H17N3O4S/c1-12(17(23)19-14-5-3-2-4-6-14)24-16(22)8-7-15-20-21-18(25-15)13-9-10-26-11-13/h2-6,9-12H,7-8H2,1H3,(H,19,23). The molecule has 1 aromatic carbocycles. The second kappa shape index (κ2) is 8.39. The van der Waals surface area contributed by atoms with Crippen LogP contribution in [0.15, 0.2) is 51.6 Å². The third-order valence-corrected chi connectivity index (χ3v) is 4.18. The molecule has 0 saturated carbocycles. The van der Waals surface area contributed by atoms with Crippen molar-refractivity contribution in [1.29, 1.82) is 0 Å². The molecule has 1 unspecified atom stereocenters. The molecule has 2 aromatic heterocycles. The summed E-state index contributed by atoms with van der Waals surface area (Å²) in [6, 6.07) is 10.9. The topological polar surface area (TPSA) is 94.3 Å². The summed E-state index contributed by atoms with van der Waals surface area (Å²) < 4.78 is 10.7. The van der Waals surface area contributed by atoms with Gasteiger partial charge in [0.15, 0.2) is 6.10 Å². The number of anilines is 1. The van der Waals surface area contributed by atoms with Crippen molar-refractivity contribution in [2.75, 3.05) is 5.32 Å². The van der Waals surface area contributed by atoms with Crippen LogP contribution < -0.4 is 5.32 Å². The fourth-order valence-electron chi connectivity index (χ4n) is 2.14. The van der Waals surface area contributed by atoms with Gasteiger partial charge in [0, 0.05) is 23.1 Å². The van der Waals surface area contributed by atoms with Crippen molar-refractivity contribution in [3.63, 3.8) is 0 Å². The van der Waals surface area contributed by atoms with E-state index in [1.54, 1.807) is 24.3 Å². The second-order valence-corrected chi connectivity index (χ2v) is 6.28. The predicted molar refractivity (Wildman–Crippen MR) is 96.6 cm³/mol. The van der Waals surface area contributed by atoms with Crippen LogP contribution in [0.25, 0.3) is 11.5 Å². The molecule has 0 radical (unpaired) electrons. The van der Waals surface area contributed by atoms with E-state index >= 15 is 0 Å². The van der Waals surface area contributed by atoms with Crippen molar-refractivity contribution < 1.29 is 18.7 Å². The average molecular weight is 371 g/mol. The molecule has 8 heteroatoms. The first kappa shape index (κ1) is 17.8. The monoisotopic (exact) mass is 371 g/mol. The third kappa shape index (κ3) is 4.76. The number of carbonyl (C=O) groups is 2. The maximum atomic E-state index is 12.0. The fraction of sp³-hybridized carbons (Fsp3) is 0.222. The SMILES string of the molecule is CC(OC(=O)CCc1nnc(-c2ccsc2)o1)C(=O)Nc1ccccc1. The molecule has 0 spiro atoms. The number of aryl methyl sites for hydroxylation is 1. The number of para-hydroxylation sites is 1. The predicted octanol–water partition coefficient (Wildman–Crippen LogP) is 3.30. The van der Waals surface area contributed by atoms with Gasteiger partial charge in [-0.3, -0.25) is 9.59 Å². The minimum Gasteiger partial charge on any atom is -0.453 e. The number of amides is 1. The van der Waals surface area contributed by atoms with E-state index in [0.29, 0.717) is 17.5 Å². The van der Waals surface area contributed by atoms with E-state index in [9.17, 15) is 9.59 Å². The molecule has 3 aromatic rings. The average Bonchev–Trinajstić information content (AvgIpc) is 3.32. The lowest BCUT2D eigenvalue weighted by atomic mass is 10.3. The van der Waals surface area contributed by atoms with Crippen LogP contribution in [0.1, 0.15) is 19.2 Å². The van der Waals surface area contributed by atoms with Crippen LogP contribution in [0.4, 0.5) is 5.69 Å². The molecule has 3 rings (SSSR count). The summed E-state index contributed by atoms with van der Waals surface area (Å²) >= 11 is 1.53. The maximum Gasteiger partial charge on any atom is 0.307 e. The van der Waals surface area contributed by atoms with Gasteiger partial charge < -0.3 is 14.5 Å². The third-order valence-electron chi connectivity index (χ3n) is 3.50.